The average molecular weight is 348 g/mol. The first-order chi connectivity index (χ1) is 8.91. The predicted molar refractivity (Wildman–Crippen MR) is 77.6 cm³/mol. The van der Waals surface area contributed by atoms with Crippen LogP contribution in [0.4, 0.5) is 4.39 Å². The zero-order chi connectivity index (χ0) is 14.2. The van der Waals surface area contributed by atoms with Gasteiger partial charge in [-0.3, -0.25) is 9.89 Å². The van der Waals surface area contributed by atoms with E-state index in [4.69, 9.17) is 11.6 Å². The van der Waals surface area contributed by atoms with Crippen molar-refractivity contribution in [3.8, 4) is 5.69 Å². The summed E-state index contributed by atoms with van der Waals surface area (Å²) in [6.45, 7) is 4.08. The van der Waals surface area contributed by atoms with E-state index in [0.29, 0.717) is 16.8 Å². The maximum absolute atomic E-state index is 13.8. The van der Waals surface area contributed by atoms with Crippen LogP contribution < -0.4 is 5.56 Å². The fourth-order valence-electron chi connectivity index (χ4n) is 1.87. The van der Waals surface area contributed by atoms with Crippen molar-refractivity contribution in [2.75, 3.05) is 0 Å². The van der Waals surface area contributed by atoms with Crippen molar-refractivity contribution in [1.82, 2.24) is 9.78 Å². The molecule has 0 aliphatic carbocycles. The third kappa shape index (κ3) is 2.77. The molecule has 19 heavy (non-hydrogen) atoms. The maximum Gasteiger partial charge on any atom is 0.285 e. The second-order valence-corrected chi connectivity index (χ2v) is 5.91. The minimum atomic E-state index is -0.542. The Morgan fingerprint density at radius 1 is 1.47 bits per heavy atom. The molecule has 0 saturated heterocycles. The van der Waals surface area contributed by atoms with Gasteiger partial charge in [-0.15, -0.1) is 0 Å². The third-order valence-corrected chi connectivity index (χ3v) is 3.80. The molecule has 2 rings (SSSR count). The van der Waals surface area contributed by atoms with E-state index >= 15 is 0 Å². The van der Waals surface area contributed by atoms with Crippen LogP contribution in [0.1, 0.15) is 19.5 Å². The lowest BCUT2D eigenvalue weighted by molar-refractivity contribution is 0.600. The first-order valence-electron chi connectivity index (χ1n) is 5.85. The molecule has 2 aromatic rings. The Bertz CT molecular complexity index is 643. The quantitative estimate of drug-likeness (QED) is 0.898. The predicted octanol–water partition coefficient (Wildman–Crippen LogP) is 3.92. The molecule has 1 aromatic heterocycles. The van der Waals surface area contributed by atoms with E-state index in [2.05, 4.69) is 21.0 Å². The number of benzene rings is 1. The highest BCUT2D eigenvalue weighted by Crippen LogP contribution is 2.23. The van der Waals surface area contributed by atoms with Gasteiger partial charge in [0.1, 0.15) is 16.0 Å². The Morgan fingerprint density at radius 2 is 2.16 bits per heavy atom. The van der Waals surface area contributed by atoms with E-state index in [0.717, 1.165) is 10.4 Å². The molecule has 0 aliphatic heterocycles. The molecule has 1 aromatic carbocycles. The number of aromatic nitrogens is 2. The number of nitrogens with zero attached hydrogens (tertiary/aromatic N) is 1. The summed E-state index contributed by atoms with van der Waals surface area (Å²) in [5.41, 5.74) is 0.437. The zero-order valence-corrected chi connectivity index (χ0v) is 12.8. The van der Waals surface area contributed by atoms with Gasteiger partial charge in [0.05, 0.1) is 10.7 Å². The van der Waals surface area contributed by atoms with E-state index in [9.17, 15) is 9.18 Å². The summed E-state index contributed by atoms with van der Waals surface area (Å²) < 4.78 is 15.4. The van der Waals surface area contributed by atoms with E-state index in [-0.39, 0.29) is 16.3 Å². The van der Waals surface area contributed by atoms with Crippen LogP contribution in [0.5, 0.6) is 0 Å². The zero-order valence-electron chi connectivity index (χ0n) is 10.5. The molecule has 0 spiro atoms. The fraction of sp³-hybridized carbons (Fsp3) is 0.308. The Labute approximate surface area is 123 Å². The number of aromatic amines is 1. The van der Waals surface area contributed by atoms with Gasteiger partial charge in [0.2, 0.25) is 0 Å². The van der Waals surface area contributed by atoms with Crippen molar-refractivity contribution < 1.29 is 4.39 Å². The molecule has 1 N–H and O–H groups in total. The van der Waals surface area contributed by atoms with Crippen molar-refractivity contribution in [1.29, 1.82) is 0 Å². The smallest absolute Gasteiger partial charge is 0.285 e. The van der Waals surface area contributed by atoms with E-state index < -0.39 is 5.82 Å². The van der Waals surface area contributed by atoms with Crippen LogP contribution in [-0.4, -0.2) is 9.78 Å². The molecule has 0 radical (unpaired) electrons. The van der Waals surface area contributed by atoms with Crippen LogP contribution in [0.3, 0.4) is 0 Å². The van der Waals surface area contributed by atoms with Crippen molar-refractivity contribution in [2.45, 2.75) is 20.3 Å². The van der Waals surface area contributed by atoms with Crippen LogP contribution in [0.25, 0.3) is 5.69 Å². The highest BCUT2D eigenvalue weighted by molar-refractivity contribution is 9.10. The number of nitrogens with one attached hydrogen (secondary N) is 1. The number of rotatable bonds is 3. The molecule has 1 heterocycles. The molecule has 0 aliphatic rings. The van der Waals surface area contributed by atoms with Crippen LogP contribution in [-0.2, 0) is 6.42 Å². The largest absolute Gasteiger partial charge is 0.294 e. The van der Waals surface area contributed by atoms with Gasteiger partial charge in [0.25, 0.3) is 5.56 Å². The number of halogens is 3. The molecule has 0 bridgehead atoms. The second kappa shape index (κ2) is 5.51. The Morgan fingerprint density at radius 3 is 2.74 bits per heavy atom. The molecule has 3 nitrogen and oxygen atoms in total. The Kier molecular flexibility index (Phi) is 4.16. The maximum atomic E-state index is 13.8. The highest BCUT2D eigenvalue weighted by atomic mass is 79.9. The van der Waals surface area contributed by atoms with E-state index in [1.165, 1.54) is 12.1 Å². The van der Waals surface area contributed by atoms with Gasteiger partial charge in [0.15, 0.2) is 0 Å². The van der Waals surface area contributed by atoms with Crippen molar-refractivity contribution in [3.05, 3.63) is 49.6 Å². The van der Waals surface area contributed by atoms with Gasteiger partial charge in [-0.2, -0.15) is 0 Å². The number of hydrogen-bond donors (Lipinski definition) is 1. The van der Waals surface area contributed by atoms with Crippen LogP contribution in [0.15, 0.2) is 27.5 Å². The van der Waals surface area contributed by atoms with Gasteiger partial charge < -0.3 is 0 Å². The molecular formula is C13H13BrClFN2O. The van der Waals surface area contributed by atoms with Gasteiger partial charge in [-0.05, 0) is 40.4 Å². The number of hydrogen-bond acceptors (Lipinski definition) is 1. The van der Waals surface area contributed by atoms with Crippen molar-refractivity contribution >= 4 is 27.5 Å². The molecule has 0 fully saturated rings. The molecule has 102 valence electrons. The van der Waals surface area contributed by atoms with E-state index in [1.54, 1.807) is 6.07 Å². The summed E-state index contributed by atoms with van der Waals surface area (Å²) in [6.07, 6.45) is 0.689. The average Bonchev–Trinajstić information content (AvgIpc) is 2.57. The molecule has 6 heteroatoms. The van der Waals surface area contributed by atoms with Gasteiger partial charge in [-0.25, -0.2) is 9.07 Å². The van der Waals surface area contributed by atoms with Crippen LogP contribution in [0, 0.1) is 11.7 Å². The summed E-state index contributed by atoms with van der Waals surface area (Å²) in [5.74, 6) is -0.168. The summed E-state index contributed by atoms with van der Waals surface area (Å²) in [6, 6.07) is 4.31. The topological polar surface area (TPSA) is 37.8 Å². The monoisotopic (exact) mass is 346 g/mol. The Balaban J connectivity index is 2.61. The van der Waals surface area contributed by atoms with Gasteiger partial charge in [0, 0.05) is 0 Å². The van der Waals surface area contributed by atoms with E-state index in [1.807, 2.05) is 13.8 Å². The summed E-state index contributed by atoms with van der Waals surface area (Å²) in [7, 11) is 0. The lowest BCUT2D eigenvalue weighted by Gasteiger charge is -2.06. The van der Waals surface area contributed by atoms with Gasteiger partial charge in [-0.1, -0.05) is 31.5 Å². The third-order valence-electron chi connectivity index (χ3n) is 2.68. The standard InChI is InChI=1S/C13H13BrClFN2O/c1-7(2)6-10-11(14)13(19)18(17-10)12-8(15)4-3-5-9(12)16/h3-5,7,17H,6H2,1-2H3. The first kappa shape index (κ1) is 14.3. The number of H-pyrrole nitrogens is 1. The lowest BCUT2D eigenvalue weighted by atomic mass is 10.1. The molecule has 0 atom stereocenters. The van der Waals surface area contributed by atoms with Crippen molar-refractivity contribution in [3.63, 3.8) is 0 Å². The summed E-state index contributed by atoms with van der Waals surface area (Å²) in [4.78, 5) is 12.1. The second-order valence-electron chi connectivity index (χ2n) is 4.71. The SMILES string of the molecule is CC(C)Cc1[nH]n(-c2c(F)cccc2Cl)c(=O)c1Br. The molecular weight excluding hydrogens is 335 g/mol. The van der Waals surface area contributed by atoms with Gasteiger partial charge >= 0.3 is 0 Å². The minimum absolute atomic E-state index is 0.0462. The minimum Gasteiger partial charge on any atom is -0.294 e. The normalized spacial score (nSPS) is 11.3. The Hall–Kier alpha value is -1.07. The van der Waals surface area contributed by atoms with Crippen molar-refractivity contribution in [2.24, 2.45) is 5.92 Å². The molecule has 0 amide bonds. The summed E-state index contributed by atoms with van der Waals surface area (Å²) >= 11 is 9.21. The first-order valence-corrected chi connectivity index (χ1v) is 7.02. The lowest BCUT2D eigenvalue weighted by Crippen LogP contribution is -2.16. The fourth-order valence-corrected chi connectivity index (χ4v) is 2.54. The molecule has 0 saturated carbocycles. The molecule has 0 unspecified atom stereocenters. The summed E-state index contributed by atoms with van der Waals surface area (Å²) in [5, 5.41) is 3.10. The number of para-hydroxylation sites is 1. The van der Waals surface area contributed by atoms with Crippen LogP contribution >= 0.6 is 27.5 Å². The highest BCUT2D eigenvalue weighted by Gasteiger charge is 2.18. The van der Waals surface area contributed by atoms with Crippen LogP contribution in [0.2, 0.25) is 5.02 Å².